The molecule has 3 N–H and O–H groups in total. The topological polar surface area (TPSA) is 85.1 Å². The molecule has 0 unspecified atom stereocenters. The predicted molar refractivity (Wildman–Crippen MR) is 55.4 cm³/mol. The molecule has 0 aliphatic rings. The van der Waals surface area contributed by atoms with Crippen molar-refractivity contribution >= 4 is 52.3 Å². The molecule has 1 heterocycles. The lowest BCUT2D eigenvalue weighted by atomic mass is 10.6. The Morgan fingerprint density at radius 3 is 2.67 bits per heavy atom. The number of nitrogens with two attached hydrogens (primary N) is 1. The highest BCUT2D eigenvalue weighted by atomic mass is 127. The lowest BCUT2D eigenvalue weighted by Gasteiger charge is -1.93. The highest BCUT2D eigenvalue weighted by molar-refractivity contribution is 14.0. The van der Waals surface area contributed by atoms with Crippen LogP contribution in [0.5, 0.6) is 0 Å². The molecule has 1 aromatic rings. The van der Waals surface area contributed by atoms with E-state index in [2.05, 4.69) is 16.0 Å². The number of hydrogen-bond acceptors (Lipinski definition) is 4. The van der Waals surface area contributed by atoms with Gasteiger partial charge in [-0.15, -0.1) is 35.3 Å². The van der Waals surface area contributed by atoms with Gasteiger partial charge in [0.1, 0.15) is 0 Å². The van der Waals surface area contributed by atoms with Gasteiger partial charge in [0.05, 0.1) is 0 Å². The lowest BCUT2D eigenvalue weighted by Crippen LogP contribution is -2.29. The van der Waals surface area contributed by atoms with Crippen LogP contribution in [0.25, 0.3) is 0 Å². The first kappa shape index (κ1) is 11.3. The van der Waals surface area contributed by atoms with Crippen molar-refractivity contribution in [2.45, 2.75) is 0 Å². The highest BCUT2D eigenvalue weighted by Crippen LogP contribution is 2.09. The molecule has 0 aromatic carbocycles. The van der Waals surface area contributed by atoms with Crippen molar-refractivity contribution in [1.29, 1.82) is 0 Å². The first-order valence-corrected chi connectivity index (χ1v) is 3.58. The second-order valence-corrected chi connectivity index (χ2v) is 2.55. The summed E-state index contributed by atoms with van der Waals surface area (Å²) in [6, 6.07) is 0. The zero-order valence-electron chi connectivity index (χ0n) is 5.81. The van der Waals surface area contributed by atoms with Crippen LogP contribution in [0.1, 0.15) is 0 Å². The van der Waals surface area contributed by atoms with Crippen LogP contribution in [0.4, 0.5) is 5.13 Å². The fraction of sp³-hybridized carbons (Fsp3) is 0. The third-order valence-corrected chi connectivity index (χ3v) is 1.57. The highest BCUT2D eigenvalue weighted by Gasteiger charge is 2.08. The summed E-state index contributed by atoms with van der Waals surface area (Å²) in [7, 11) is 0. The van der Waals surface area contributed by atoms with Crippen LogP contribution >= 0.6 is 35.3 Å². The molecule has 0 saturated carbocycles. The minimum Gasteiger partial charge on any atom is -0.361 e. The molecule has 1 aromatic heterocycles. The molecule has 0 saturated heterocycles. The molecule has 0 fully saturated rings. The largest absolute Gasteiger partial charge is 0.361 e. The van der Waals surface area contributed by atoms with Gasteiger partial charge in [0, 0.05) is 11.6 Å². The molecule has 0 atom stereocenters. The summed E-state index contributed by atoms with van der Waals surface area (Å²) in [5, 5.41) is 4.26. The molecule has 12 heavy (non-hydrogen) atoms. The third kappa shape index (κ3) is 3.13. The maximum atomic E-state index is 10.6. The summed E-state index contributed by atoms with van der Waals surface area (Å²) in [5.41, 5.74) is 4.68. The van der Waals surface area contributed by atoms with Gasteiger partial charge in [-0.25, -0.2) is 4.98 Å². The van der Waals surface area contributed by atoms with Crippen LogP contribution in [0, 0.1) is 0 Å². The molecule has 0 aliphatic heterocycles. The van der Waals surface area contributed by atoms with E-state index in [0.717, 1.165) is 0 Å². The predicted octanol–water partition coefficient (Wildman–Crippen LogP) is 0.185. The molecule has 0 bridgehead atoms. The Bertz CT molecular complexity index is 274. The molecule has 66 valence electrons. The van der Waals surface area contributed by atoms with Gasteiger partial charge in [-0.1, -0.05) is 0 Å². The number of nitrogens with one attached hydrogen (secondary N) is 1. The van der Waals surface area contributed by atoms with Crippen LogP contribution in [-0.2, 0) is 9.59 Å². The Kier molecular flexibility index (Phi) is 4.74. The van der Waals surface area contributed by atoms with E-state index in [4.69, 9.17) is 0 Å². The van der Waals surface area contributed by atoms with Gasteiger partial charge >= 0.3 is 11.8 Å². The summed E-state index contributed by atoms with van der Waals surface area (Å²) in [6.07, 6.45) is 1.52. The number of carbonyl (C=O) groups excluding carboxylic acids is 2. The van der Waals surface area contributed by atoms with Crippen LogP contribution in [-0.4, -0.2) is 16.8 Å². The second kappa shape index (κ2) is 5.04. The molecular formula is C5H6IN3O2S. The van der Waals surface area contributed by atoms with E-state index >= 15 is 0 Å². The molecule has 2 amide bonds. The van der Waals surface area contributed by atoms with Crippen LogP contribution in [0.3, 0.4) is 0 Å². The zero-order chi connectivity index (χ0) is 8.27. The van der Waals surface area contributed by atoms with E-state index in [1.54, 1.807) is 5.38 Å². The minimum absolute atomic E-state index is 0. The molecular weight excluding hydrogens is 293 g/mol. The van der Waals surface area contributed by atoms with Crippen molar-refractivity contribution in [1.82, 2.24) is 4.98 Å². The van der Waals surface area contributed by atoms with Gasteiger partial charge < -0.3 is 5.73 Å². The first-order valence-electron chi connectivity index (χ1n) is 2.70. The molecule has 0 aliphatic carbocycles. The molecule has 7 heteroatoms. The standard InChI is InChI=1S/C5H5N3O2S.HI/c6-3(9)4(10)8-5-7-1-2-11-5;/h1-2H,(H2,6,9)(H,7,8,10);1H. The summed E-state index contributed by atoms with van der Waals surface area (Å²) in [6.45, 7) is 0. The number of rotatable bonds is 1. The smallest absolute Gasteiger partial charge is 0.315 e. The number of nitrogens with zero attached hydrogens (tertiary/aromatic N) is 1. The fourth-order valence-electron chi connectivity index (χ4n) is 0.444. The van der Waals surface area contributed by atoms with Crippen LogP contribution in [0.2, 0.25) is 0 Å². The number of thiazole rings is 1. The maximum absolute atomic E-state index is 10.6. The average Bonchev–Trinajstić information content (AvgIpc) is 2.39. The Morgan fingerprint density at radius 1 is 1.58 bits per heavy atom. The second-order valence-electron chi connectivity index (χ2n) is 1.66. The first-order chi connectivity index (χ1) is 5.20. The van der Waals surface area contributed by atoms with E-state index < -0.39 is 11.8 Å². The maximum Gasteiger partial charge on any atom is 0.315 e. The Balaban J connectivity index is 0.00000121. The van der Waals surface area contributed by atoms with Gasteiger partial charge in [-0.05, 0) is 0 Å². The summed E-state index contributed by atoms with van der Waals surface area (Å²) >= 11 is 1.22. The number of halogens is 1. The number of hydrogen-bond donors (Lipinski definition) is 2. The van der Waals surface area contributed by atoms with E-state index in [1.807, 2.05) is 0 Å². The number of aromatic nitrogens is 1. The van der Waals surface area contributed by atoms with Crippen molar-refractivity contribution in [2.75, 3.05) is 5.32 Å². The third-order valence-electron chi connectivity index (χ3n) is 0.877. The van der Waals surface area contributed by atoms with Crippen LogP contribution in [0.15, 0.2) is 11.6 Å². The van der Waals surface area contributed by atoms with E-state index in [-0.39, 0.29) is 24.0 Å². The Labute approximate surface area is 89.4 Å². The van der Waals surface area contributed by atoms with Crippen molar-refractivity contribution in [3.8, 4) is 0 Å². The van der Waals surface area contributed by atoms with Crippen molar-refractivity contribution in [3.05, 3.63) is 11.6 Å². The van der Waals surface area contributed by atoms with Gasteiger partial charge in [0.2, 0.25) is 0 Å². The van der Waals surface area contributed by atoms with Crippen molar-refractivity contribution < 1.29 is 9.59 Å². The van der Waals surface area contributed by atoms with Gasteiger partial charge in [-0.3, -0.25) is 14.9 Å². The minimum atomic E-state index is -1.01. The molecule has 0 spiro atoms. The Morgan fingerprint density at radius 2 is 2.25 bits per heavy atom. The monoisotopic (exact) mass is 299 g/mol. The molecule has 5 nitrogen and oxygen atoms in total. The number of amides is 2. The molecule has 1 rings (SSSR count). The van der Waals surface area contributed by atoms with E-state index in [1.165, 1.54) is 17.5 Å². The van der Waals surface area contributed by atoms with E-state index in [0.29, 0.717) is 5.13 Å². The van der Waals surface area contributed by atoms with Gasteiger partial charge in [0.25, 0.3) is 0 Å². The SMILES string of the molecule is I.NC(=O)C(=O)Nc1nccs1. The van der Waals surface area contributed by atoms with Crippen LogP contribution < -0.4 is 11.1 Å². The van der Waals surface area contributed by atoms with Gasteiger partial charge in [0.15, 0.2) is 5.13 Å². The number of carbonyl (C=O) groups is 2. The fourth-order valence-corrected chi connectivity index (χ4v) is 0.968. The Hall–Kier alpha value is -0.700. The van der Waals surface area contributed by atoms with Crippen molar-refractivity contribution in [2.24, 2.45) is 5.73 Å². The van der Waals surface area contributed by atoms with Gasteiger partial charge in [-0.2, -0.15) is 0 Å². The average molecular weight is 299 g/mol. The summed E-state index contributed by atoms with van der Waals surface area (Å²) in [5.74, 6) is -1.86. The summed E-state index contributed by atoms with van der Waals surface area (Å²) in [4.78, 5) is 24.5. The lowest BCUT2D eigenvalue weighted by molar-refractivity contribution is -0.134. The normalized spacial score (nSPS) is 8.33. The quantitative estimate of drug-likeness (QED) is 0.573. The van der Waals surface area contributed by atoms with Crippen molar-refractivity contribution in [3.63, 3.8) is 0 Å². The number of primary amides is 1. The summed E-state index contributed by atoms with van der Waals surface area (Å²) < 4.78 is 0. The van der Waals surface area contributed by atoms with E-state index in [9.17, 15) is 9.59 Å². The zero-order valence-corrected chi connectivity index (χ0v) is 8.96. The number of anilines is 1. The molecule has 0 radical (unpaired) electrons.